The molecule has 16 heavy (non-hydrogen) atoms. The highest BCUT2D eigenvalue weighted by Crippen LogP contribution is 2.29. The van der Waals surface area contributed by atoms with E-state index in [-0.39, 0.29) is 11.5 Å². The highest BCUT2D eigenvalue weighted by molar-refractivity contribution is 5.84. The molecule has 84 valence electrons. The van der Waals surface area contributed by atoms with Gasteiger partial charge in [-0.05, 0) is 18.2 Å². The van der Waals surface area contributed by atoms with Crippen LogP contribution < -0.4 is 9.47 Å². The lowest BCUT2D eigenvalue weighted by Crippen LogP contribution is -2.04. The molecule has 1 aromatic rings. The Hall–Kier alpha value is -2.23. The van der Waals surface area contributed by atoms with Crippen LogP contribution in [0.3, 0.4) is 0 Å². The van der Waals surface area contributed by atoms with Crippen molar-refractivity contribution < 1.29 is 19.4 Å². The maximum Gasteiger partial charge on any atom is 0.335 e. The zero-order chi connectivity index (χ0) is 12.1. The average Bonchev–Trinajstić information content (AvgIpc) is 2.29. The molecule has 0 atom stereocenters. The molecule has 0 aliphatic rings. The van der Waals surface area contributed by atoms with Crippen molar-refractivity contribution >= 4 is 11.7 Å². The molecular formula is C12H12O4. The summed E-state index contributed by atoms with van der Waals surface area (Å²) in [7, 11) is 1.44. The molecule has 0 bridgehead atoms. The normalized spacial score (nSPS) is 9.31. The lowest BCUT2D eigenvalue weighted by molar-refractivity contribution is -0.129. The summed E-state index contributed by atoms with van der Waals surface area (Å²) in [5, 5.41) is 9.19. The Morgan fingerprint density at radius 3 is 2.62 bits per heavy atom. The van der Waals surface area contributed by atoms with Crippen LogP contribution in [0.15, 0.2) is 37.4 Å². The first-order valence-electron chi connectivity index (χ1n) is 4.49. The van der Waals surface area contributed by atoms with Crippen LogP contribution in [-0.2, 0) is 4.79 Å². The molecule has 0 unspecified atom stereocenters. The quantitative estimate of drug-likeness (QED) is 0.366. The number of carbonyl (C=O) groups excluding carboxylic acids is 1. The Morgan fingerprint density at radius 2 is 2.12 bits per heavy atom. The van der Waals surface area contributed by atoms with Crippen molar-refractivity contribution in [3.05, 3.63) is 43.0 Å². The van der Waals surface area contributed by atoms with Crippen LogP contribution in [0.5, 0.6) is 11.5 Å². The van der Waals surface area contributed by atoms with Gasteiger partial charge in [-0.3, -0.25) is 0 Å². The molecule has 1 rings (SSSR count). The maximum atomic E-state index is 11.0. The lowest BCUT2D eigenvalue weighted by Gasteiger charge is -2.09. The largest absolute Gasteiger partial charge is 0.508 e. The van der Waals surface area contributed by atoms with Crippen molar-refractivity contribution in [3.63, 3.8) is 0 Å². The maximum absolute atomic E-state index is 11.0. The fraction of sp³-hybridized carbons (Fsp3) is 0.0833. The molecule has 4 nitrogen and oxygen atoms in total. The summed E-state index contributed by atoms with van der Waals surface area (Å²) in [4.78, 5) is 11.0. The molecule has 1 N–H and O–H groups in total. The van der Waals surface area contributed by atoms with Gasteiger partial charge < -0.3 is 14.6 Å². The molecule has 0 aromatic heterocycles. The van der Waals surface area contributed by atoms with Gasteiger partial charge in [-0.1, -0.05) is 13.2 Å². The number of benzene rings is 1. The Labute approximate surface area is 93.4 Å². The minimum Gasteiger partial charge on any atom is -0.508 e. The van der Waals surface area contributed by atoms with Crippen LogP contribution >= 0.6 is 0 Å². The van der Waals surface area contributed by atoms with Crippen LogP contribution in [0.1, 0.15) is 5.56 Å². The minimum absolute atomic E-state index is 0.0834. The molecule has 0 amide bonds. The number of aliphatic hydroxyl groups is 1. The van der Waals surface area contributed by atoms with Crippen LogP contribution in [0.2, 0.25) is 0 Å². The standard InChI is InChI=1S/C12H12O4/c1-4-12(14)16-10-6-5-9(8(2)13)7-11(10)15-3/h4-7,13H,1-2H2,3H3. The number of aliphatic hydroxyl groups excluding tert-OH is 1. The lowest BCUT2D eigenvalue weighted by atomic mass is 10.2. The van der Waals surface area contributed by atoms with Crippen molar-refractivity contribution in [1.29, 1.82) is 0 Å². The number of esters is 1. The van der Waals surface area contributed by atoms with Crippen molar-refractivity contribution in [2.75, 3.05) is 7.11 Å². The predicted octanol–water partition coefficient (Wildman–Crippen LogP) is 2.32. The third-order valence-electron chi connectivity index (χ3n) is 1.87. The fourth-order valence-electron chi connectivity index (χ4n) is 1.08. The third-order valence-corrected chi connectivity index (χ3v) is 1.87. The van der Waals surface area contributed by atoms with E-state index in [0.717, 1.165) is 6.08 Å². The summed E-state index contributed by atoms with van der Waals surface area (Å²) in [5.41, 5.74) is 0.496. The van der Waals surface area contributed by atoms with Gasteiger partial charge in [-0.2, -0.15) is 0 Å². The molecule has 1 aromatic carbocycles. The van der Waals surface area contributed by atoms with Crippen molar-refractivity contribution in [1.82, 2.24) is 0 Å². The summed E-state index contributed by atoms with van der Waals surface area (Å²) < 4.78 is 9.94. The molecule has 4 heteroatoms. The Balaban J connectivity index is 3.06. The Morgan fingerprint density at radius 1 is 1.44 bits per heavy atom. The van der Waals surface area contributed by atoms with E-state index >= 15 is 0 Å². The SMILES string of the molecule is C=CC(=O)Oc1ccc(C(=C)O)cc1OC. The first-order chi connectivity index (χ1) is 7.58. The number of carbonyl (C=O) groups is 1. The van der Waals surface area contributed by atoms with E-state index < -0.39 is 5.97 Å². The van der Waals surface area contributed by atoms with E-state index in [1.54, 1.807) is 6.07 Å². The van der Waals surface area contributed by atoms with Gasteiger partial charge in [0.1, 0.15) is 5.76 Å². The van der Waals surface area contributed by atoms with Gasteiger partial charge in [0.25, 0.3) is 0 Å². The molecule has 0 saturated carbocycles. The molecule has 0 aliphatic carbocycles. The molecule has 0 heterocycles. The Kier molecular flexibility index (Phi) is 3.72. The molecule has 0 radical (unpaired) electrons. The smallest absolute Gasteiger partial charge is 0.335 e. The minimum atomic E-state index is -0.575. The van der Waals surface area contributed by atoms with Gasteiger partial charge in [0.2, 0.25) is 0 Å². The number of rotatable bonds is 4. The Bertz CT molecular complexity index is 435. The van der Waals surface area contributed by atoms with Crippen molar-refractivity contribution in [3.8, 4) is 11.5 Å². The molecule has 0 aliphatic heterocycles. The zero-order valence-electron chi connectivity index (χ0n) is 8.90. The van der Waals surface area contributed by atoms with Crippen LogP contribution in [0.25, 0.3) is 5.76 Å². The molecular weight excluding hydrogens is 208 g/mol. The van der Waals surface area contributed by atoms with Gasteiger partial charge in [0.05, 0.1) is 7.11 Å². The summed E-state index contributed by atoms with van der Waals surface area (Å²) in [6.45, 7) is 6.67. The van der Waals surface area contributed by atoms with Crippen LogP contribution in [-0.4, -0.2) is 18.2 Å². The number of ether oxygens (including phenoxy) is 2. The number of hydrogen-bond acceptors (Lipinski definition) is 4. The average molecular weight is 220 g/mol. The van der Waals surface area contributed by atoms with Crippen molar-refractivity contribution in [2.24, 2.45) is 0 Å². The van der Waals surface area contributed by atoms with Gasteiger partial charge in [0.15, 0.2) is 11.5 Å². The van der Waals surface area contributed by atoms with Gasteiger partial charge >= 0.3 is 5.97 Å². The van der Waals surface area contributed by atoms with Crippen LogP contribution in [0, 0.1) is 0 Å². The second-order valence-corrected chi connectivity index (χ2v) is 2.94. The van der Waals surface area contributed by atoms with E-state index in [9.17, 15) is 9.90 Å². The molecule has 0 saturated heterocycles. The number of hydrogen-bond donors (Lipinski definition) is 1. The first-order valence-corrected chi connectivity index (χ1v) is 4.49. The first kappa shape index (κ1) is 11.8. The second kappa shape index (κ2) is 5.02. The zero-order valence-corrected chi connectivity index (χ0v) is 8.90. The van der Waals surface area contributed by atoms with Gasteiger partial charge in [0, 0.05) is 11.6 Å². The van der Waals surface area contributed by atoms with E-state index in [0.29, 0.717) is 11.3 Å². The third kappa shape index (κ3) is 2.63. The summed E-state index contributed by atoms with van der Waals surface area (Å²) in [6.07, 6.45) is 1.05. The summed E-state index contributed by atoms with van der Waals surface area (Å²) >= 11 is 0. The van der Waals surface area contributed by atoms with E-state index in [1.165, 1.54) is 19.2 Å². The van der Waals surface area contributed by atoms with E-state index in [1.807, 2.05) is 0 Å². The predicted molar refractivity (Wildman–Crippen MR) is 60.5 cm³/mol. The highest BCUT2D eigenvalue weighted by Gasteiger charge is 2.09. The van der Waals surface area contributed by atoms with E-state index in [2.05, 4.69) is 13.2 Å². The van der Waals surface area contributed by atoms with Crippen LogP contribution in [0.4, 0.5) is 0 Å². The van der Waals surface area contributed by atoms with Gasteiger partial charge in [-0.25, -0.2) is 4.79 Å². The second-order valence-electron chi connectivity index (χ2n) is 2.94. The monoisotopic (exact) mass is 220 g/mol. The molecule has 0 spiro atoms. The number of methoxy groups -OCH3 is 1. The van der Waals surface area contributed by atoms with Gasteiger partial charge in [-0.15, -0.1) is 0 Å². The summed E-state index contributed by atoms with van der Waals surface area (Å²) in [6, 6.07) is 4.60. The topological polar surface area (TPSA) is 55.8 Å². The highest BCUT2D eigenvalue weighted by atomic mass is 16.6. The van der Waals surface area contributed by atoms with E-state index in [4.69, 9.17) is 9.47 Å². The fourth-order valence-corrected chi connectivity index (χ4v) is 1.08. The summed E-state index contributed by atoms with van der Waals surface area (Å²) in [5.74, 6) is -0.0610. The molecule has 0 fully saturated rings. The van der Waals surface area contributed by atoms with Crippen molar-refractivity contribution in [2.45, 2.75) is 0 Å².